The van der Waals surface area contributed by atoms with Gasteiger partial charge in [-0.05, 0) is 35.2 Å². The van der Waals surface area contributed by atoms with Crippen molar-refractivity contribution in [2.75, 3.05) is 19.6 Å². The molecule has 2 N–H and O–H groups in total. The predicted molar refractivity (Wildman–Crippen MR) is 151 cm³/mol. The van der Waals surface area contributed by atoms with Crippen LogP contribution < -0.4 is 10.6 Å². The second kappa shape index (κ2) is 11.6. The summed E-state index contributed by atoms with van der Waals surface area (Å²) in [5.41, 5.74) is 3.79. The van der Waals surface area contributed by atoms with Gasteiger partial charge in [0.15, 0.2) is 0 Å². The first-order valence-corrected chi connectivity index (χ1v) is 13.2. The molecular formula is C31H29ClN4O3. The summed E-state index contributed by atoms with van der Waals surface area (Å²) in [6.07, 6.45) is 2.22. The molecule has 7 nitrogen and oxygen atoms in total. The number of hydrogen-bond acceptors (Lipinski definition) is 3. The van der Waals surface area contributed by atoms with Crippen LogP contribution in [0.1, 0.15) is 28.8 Å². The Hall–Kier alpha value is -4.36. The first kappa shape index (κ1) is 26.3. The van der Waals surface area contributed by atoms with Gasteiger partial charge in [0.05, 0.1) is 29.9 Å². The van der Waals surface area contributed by atoms with Gasteiger partial charge in [-0.15, -0.1) is 6.58 Å². The normalized spacial score (nSPS) is 17.5. The third-order valence-corrected chi connectivity index (χ3v) is 7.18. The smallest absolute Gasteiger partial charge is 0.322 e. The van der Waals surface area contributed by atoms with E-state index in [1.54, 1.807) is 24.3 Å². The summed E-state index contributed by atoms with van der Waals surface area (Å²) in [5.74, 6) is -0.569. The van der Waals surface area contributed by atoms with Crippen molar-refractivity contribution in [3.05, 3.63) is 131 Å². The Kier molecular flexibility index (Phi) is 7.79. The highest BCUT2D eigenvalue weighted by atomic mass is 35.5. The van der Waals surface area contributed by atoms with Crippen molar-refractivity contribution < 1.29 is 14.4 Å². The minimum atomic E-state index is -0.664. The van der Waals surface area contributed by atoms with E-state index in [1.807, 2.05) is 66.7 Å². The molecule has 2 heterocycles. The van der Waals surface area contributed by atoms with Gasteiger partial charge in [0, 0.05) is 11.6 Å². The van der Waals surface area contributed by atoms with Crippen LogP contribution in [0.2, 0.25) is 5.02 Å². The van der Waals surface area contributed by atoms with Crippen LogP contribution in [-0.2, 0) is 16.0 Å². The van der Waals surface area contributed by atoms with Crippen molar-refractivity contribution in [1.29, 1.82) is 0 Å². The minimum absolute atomic E-state index is 0.137. The predicted octanol–water partition coefficient (Wildman–Crippen LogP) is 4.79. The Balaban J connectivity index is 1.37. The molecule has 0 saturated carbocycles. The van der Waals surface area contributed by atoms with Crippen LogP contribution in [-0.4, -0.2) is 47.3 Å². The highest BCUT2D eigenvalue weighted by molar-refractivity contribution is 6.30. The summed E-state index contributed by atoms with van der Waals surface area (Å²) < 4.78 is 0. The van der Waals surface area contributed by atoms with Crippen LogP contribution >= 0.6 is 11.6 Å². The lowest BCUT2D eigenvalue weighted by molar-refractivity contribution is -0.132. The molecule has 3 aromatic rings. The molecule has 2 aliphatic heterocycles. The first-order chi connectivity index (χ1) is 18.9. The second-order valence-electron chi connectivity index (χ2n) is 9.58. The number of benzene rings is 3. The van der Waals surface area contributed by atoms with Crippen LogP contribution in [0, 0.1) is 0 Å². The van der Waals surface area contributed by atoms with E-state index in [2.05, 4.69) is 17.2 Å². The quantitative estimate of drug-likeness (QED) is 0.383. The molecule has 0 radical (unpaired) electrons. The zero-order valence-electron chi connectivity index (χ0n) is 21.3. The number of nitrogens with one attached hydrogen (secondary N) is 2. The van der Waals surface area contributed by atoms with Crippen LogP contribution in [0.5, 0.6) is 0 Å². The highest BCUT2D eigenvalue weighted by Crippen LogP contribution is 2.36. The van der Waals surface area contributed by atoms with Crippen molar-refractivity contribution in [2.24, 2.45) is 0 Å². The number of nitrogens with zero attached hydrogens (tertiary/aromatic N) is 2. The van der Waals surface area contributed by atoms with Crippen molar-refractivity contribution in [3.8, 4) is 0 Å². The molecule has 0 aromatic heterocycles. The summed E-state index contributed by atoms with van der Waals surface area (Å²) in [6.45, 7) is 4.00. The van der Waals surface area contributed by atoms with Gasteiger partial charge in [0.25, 0.3) is 5.91 Å². The van der Waals surface area contributed by atoms with Crippen molar-refractivity contribution in [1.82, 2.24) is 20.4 Å². The monoisotopic (exact) mass is 540 g/mol. The number of hydrogen-bond donors (Lipinski definition) is 2. The molecule has 0 saturated heterocycles. The molecule has 2 aliphatic rings. The van der Waals surface area contributed by atoms with E-state index in [0.29, 0.717) is 28.3 Å². The van der Waals surface area contributed by atoms with E-state index < -0.39 is 6.04 Å². The van der Waals surface area contributed by atoms with Gasteiger partial charge in [0.2, 0.25) is 5.91 Å². The molecule has 2 atom stereocenters. The van der Waals surface area contributed by atoms with E-state index in [0.717, 1.165) is 11.1 Å². The highest BCUT2D eigenvalue weighted by Gasteiger charge is 2.44. The fourth-order valence-electron chi connectivity index (χ4n) is 5.14. The van der Waals surface area contributed by atoms with E-state index in [-0.39, 0.29) is 43.5 Å². The van der Waals surface area contributed by atoms with Gasteiger partial charge in [-0.2, -0.15) is 0 Å². The van der Waals surface area contributed by atoms with Crippen LogP contribution in [0.4, 0.5) is 4.79 Å². The topological polar surface area (TPSA) is 81.8 Å². The minimum Gasteiger partial charge on any atom is -0.347 e. The average Bonchev–Trinajstić information content (AvgIpc) is 3.26. The molecule has 39 heavy (non-hydrogen) atoms. The molecule has 0 spiro atoms. The summed E-state index contributed by atoms with van der Waals surface area (Å²) >= 11 is 6.21. The maximum atomic E-state index is 13.7. The SMILES string of the molecule is C=CCN1C(=O)N[C@@H](c2cccc(Cl)c2)C2=C1CN(CC(=O)N[C@@H](Cc1ccccc1)c1ccccc1)C2=O. The van der Waals surface area contributed by atoms with Gasteiger partial charge in [0.1, 0.15) is 6.54 Å². The number of halogens is 1. The second-order valence-corrected chi connectivity index (χ2v) is 10.0. The Morgan fingerprint density at radius 2 is 1.77 bits per heavy atom. The maximum absolute atomic E-state index is 13.7. The van der Waals surface area contributed by atoms with E-state index in [9.17, 15) is 14.4 Å². The largest absolute Gasteiger partial charge is 0.347 e. The first-order valence-electron chi connectivity index (χ1n) is 12.8. The number of carbonyl (C=O) groups excluding carboxylic acids is 3. The standard InChI is InChI=1S/C31H29ClN4O3/c1-2-16-36-26-19-35(30(38)28(26)29(34-31(36)39)23-14-9-15-24(32)18-23)20-27(37)33-25(22-12-7-4-8-13-22)17-21-10-5-3-6-11-21/h2-15,18,25,29H,1,16-17,19-20H2,(H,33,37)(H,34,39)/t25-,29-/m0/s1. The van der Waals surface area contributed by atoms with E-state index >= 15 is 0 Å². The van der Waals surface area contributed by atoms with Gasteiger partial charge in [-0.1, -0.05) is 90.5 Å². The molecule has 198 valence electrons. The lowest BCUT2D eigenvalue weighted by Crippen LogP contribution is -2.47. The Morgan fingerprint density at radius 3 is 2.46 bits per heavy atom. The molecule has 5 rings (SSSR count). The Labute approximate surface area is 232 Å². The molecule has 0 fully saturated rings. The number of carbonyl (C=O) groups is 3. The summed E-state index contributed by atoms with van der Waals surface area (Å²) in [7, 11) is 0. The average molecular weight is 541 g/mol. The lowest BCUT2D eigenvalue weighted by atomic mass is 9.95. The lowest BCUT2D eigenvalue weighted by Gasteiger charge is -2.33. The third-order valence-electron chi connectivity index (χ3n) is 6.94. The fraction of sp³-hybridized carbons (Fsp3) is 0.194. The van der Waals surface area contributed by atoms with Crippen LogP contribution in [0.3, 0.4) is 0 Å². The summed E-state index contributed by atoms with van der Waals surface area (Å²) in [6, 6.07) is 25.5. The van der Waals surface area contributed by atoms with E-state index in [1.165, 1.54) is 9.80 Å². The van der Waals surface area contributed by atoms with Gasteiger partial charge in [-0.3, -0.25) is 14.5 Å². The molecular weight excluding hydrogens is 512 g/mol. The number of amides is 4. The molecule has 0 aliphatic carbocycles. The van der Waals surface area contributed by atoms with Gasteiger partial charge >= 0.3 is 6.03 Å². The van der Waals surface area contributed by atoms with E-state index in [4.69, 9.17) is 11.6 Å². The van der Waals surface area contributed by atoms with Crippen LogP contribution in [0.15, 0.2) is 109 Å². The molecule has 3 aromatic carbocycles. The molecule has 0 bridgehead atoms. The Morgan fingerprint density at radius 1 is 1.05 bits per heavy atom. The number of urea groups is 1. The van der Waals surface area contributed by atoms with Crippen molar-refractivity contribution in [2.45, 2.75) is 18.5 Å². The van der Waals surface area contributed by atoms with Gasteiger partial charge in [-0.25, -0.2) is 4.79 Å². The summed E-state index contributed by atoms with van der Waals surface area (Å²) in [5, 5.41) is 6.56. The zero-order chi connectivity index (χ0) is 27.4. The molecule has 8 heteroatoms. The fourth-order valence-corrected chi connectivity index (χ4v) is 5.33. The van der Waals surface area contributed by atoms with Crippen molar-refractivity contribution >= 4 is 29.4 Å². The number of rotatable bonds is 9. The molecule has 4 amide bonds. The van der Waals surface area contributed by atoms with Gasteiger partial charge < -0.3 is 15.5 Å². The Bertz CT molecular complexity index is 1420. The van der Waals surface area contributed by atoms with Crippen LogP contribution in [0.25, 0.3) is 0 Å². The van der Waals surface area contributed by atoms with Crippen molar-refractivity contribution in [3.63, 3.8) is 0 Å². The molecule has 0 unspecified atom stereocenters. The third kappa shape index (κ3) is 5.73. The summed E-state index contributed by atoms with van der Waals surface area (Å²) in [4.78, 5) is 43.0. The zero-order valence-corrected chi connectivity index (χ0v) is 22.1. The maximum Gasteiger partial charge on any atom is 0.322 e.